The van der Waals surface area contributed by atoms with Crippen molar-refractivity contribution >= 4 is 0 Å². The molecule has 0 spiro atoms. The van der Waals surface area contributed by atoms with Crippen LogP contribution in [0.2, 0.25) is 0 Å². The van der Waals surface area contributed by atoms with Crippen LogP contribution in [0.1, 0.15) is 51.9 Å². The van der Waals surface area contributed by atoms with Crippen molar-refractivity contribution in [2.45, 2.75) is 51.9 Å². The molecule has 4 heteroatoms. The van der Waals surface area contributed by atoms with E-state index in [0.29, 0.717) is 6.42 Å². The summed E-state index contributed by atoms with van der Waals surface area (Å²) in [6.45, 7) is 2.56. The first kappa shape index (κ1) is 16.9. The van der Waals surface area contributed by atoms with Crippen LogP contribution in [-0.2, 0) is 0 Å². The van der Waals surface area contributed by atoms with Gasteiger partial charge in [0.25, 0.3) is 0 Å². The van der Waals surface area contributed by atoms with Crippen molar-refractivity contribution in [2.75, 3.05) is 26.4 Å². The van der Waals surface area contributed by atoms with Crippen LogP contribution in [0.5, 0.6) is 0 Å². The van der Waals surface area contributed by atoms with E-state index in [1.165, 1.54) is 0 Å². The van der Waals surface area contributed by atoms with Crippen LogP contribution in [-0.4, -0.2) is 46.9 Å². The second-order valence-corrected chi connectivity index (χ2v) is 6.78. The first-order valence-electron chi connectivity index (χ1n) is 7.46. The van der Waals surface area contributed by atoms with Gasteiger partial charge >= 0.3 is 0 Å². The molecule has 0 aliphatic heterocycles. The lowest BCUT2D eigenvalue weighted by molar-refractivity contribution is -0.0199. The van der Waals surface area contributed by atoms with Gasteiger partial charge in [0.15, 0.2) is 0 Å². The number of hydrogen-bond donors (Lipinski definition) is 4. The summed E-state index contributed by atoms with van der Waals surface area (Å²) in [5.41, 5.74) is -0.415. The van der Waals surface area contributed by atoms with Crippen molar-refractivity contribution < 1.29 is 20.4 Å². The highest BCUT2D eigenvalue weighted by Gasteiger charge is 2.41. The molecule has 0 heterocycles. The maximum Gasteiger partial charge on any atom is 0.0487 e. The molecule has 1 aliphatic rings. The van der Waals surface area contributed by atoms with Crippen LogP contribution in [0, 0.1) is 16.7 Å². The molecule has 4 nitrogen and oxygen atoms in total. The molecule has 1 fully saturated rings. The second-order valence-electron chi connectivity index (χ2n) is 6.78. The maximum atomic E-state index is 9.83. The van der Waals surface area contributed by atoms with E-state index in [0.717, 1.165) is 38.5 Å². The van der Waals surface area contributed by atoms with Crippen LogP contribution in [0.25, 0.3) is 0 Å². The van der Waals surface area contributed by atoms with E-state index in [-0.39, 0.29) is 43.2 Å². The van der Waals surface area contributed by atoms with Crippen LogP contribution in [0.3, 0.4) is 0 Å². The Hall–Kier alpha value is -0.160. The van der Waals surface area contributed by atoms with Crippen LogP contribution < -0.4 is 0 Å². The highest BCUT2D eigenvalue weighted by Crippen LogP contribution is 2.47. The summed E-state index contributed by atoms with van der Waals surface area (Å²) in [6.07, 6.45) is 6.10. The fraction of sp³-hybridized carbons (Fsp3) is 1.00. The smallest absolute Gasteiger partial charge is 0.0487 e. The van der Waals surface area contributed by atoms with E-state index in [2.05, 4.69) is 0 Å². The topological polar surface area (TPSA) is 80.9 Å². The van der Waals surface area contributed by atoms with Gasteiger partial charge in [-0.2, -0.15) is 0 Å². The summed E-state index contributed by atoms with van der Waals surface area (Å²) in [5, 5.41) is 37.8. The summed E-state index contributed by atoms with van der Waals surface area (Å²) in [5.74, 6) is 0.279. The third kappa shape index (κ3) is 4.71. The average Bonchev–Trinajstić information content (AvgIpc) is 2.45. The van der Waals surface area contributed by atoms with Gasteiger partial charge in [0, 0.05) is 26.4 Å². The fourth-order valence-corrected chi connectivity index (χ4v) is 3.73. The van der Waals surface area contributed by atoms with E-state index in [9.17, 15) is 15.3 Å². The molecule has 0 amide bonds. The largest absolute Gasteiger partial charge is 0.396 e. The number of aliphatic hydroxyl groups is 4. The van der Waals surface area contributed by atoms with Gasteiger partial charge in [-0.15, -0.1) is 0 Å². The van der Waals surface area contributed by atoms with E-state index >= 15 is 0 Å². The van der Waals surface area contributed by atoms with Gasteiger partial charge in [0.1, 0.15) is 0 Å². The monoisotopic (exact) mass is 274 g/mol. The zero-order valence-corrected chi connectivity index (χ0v) is 12.1. The van der Waals surface area contributed by atoms with Crippen molar-refractivity contribution in [3.8, 4) is 0 Å². The van der Waals surface area contributed by atoms with Gasteiger partial charge in [-0.3, -0.25) is 0 Å². The SMILES string of the molecule is CC(CO)(CCCO)CC1(CO)CCCC(CO)C1. The van der Waals surface area contributed by atoms with Crippen molar-refractivity contribution in [2.24, 2.45) is 16.7 Å². The highest BCUT2D eigenvalue weighted by molar-refractivity contribution is 4.91. The maximum absolute atomic E-state index is 9.83. The Morgan fingerprint density at radius 1 is 1.21 bits per heavy atom. The molecule has 3 unspecified atom stereocenters. The predicted molar refractivity (Wildman–Crippen MR) is 74.7 cm³/mol. The molecule has 0 saturated heterocycles. The summed E-state index contributed by atoms with van der Waals surface area (Å²) >= 11 is 0. The van der Waals surface area contributed by atoms with Crippen LogP contribution in [0.4, 0.5) is 0 Å². The first-order valence-corrected chi connectivity index (χ1v) is 7.46. The third-order valence-electron chi connectivity index (χ3n) is 4.76. The Kier molecular flexibility index (Phi) is 6.74. The number of aliphatic hydroxyl groups excluding tert-OH is 4. The molecule has 0 radical (unpaired) electrons. The minimum Gasteiger partial charge on any atom is -0.396 e. The molecule has 4 N–H and O–H groups in total. The molecule has 1 saturated carbocycles. The Balaban J connectivity index is 2.72. The molecule has 0 aromatic carbocycles. The van der Waals surface area contributed by atoms with Gasteiger partial charge in [0.05, 0.1) is 0 Å². The summed E-state index contributed by atoms with van der Waals surface area (Å²) < 4.78 is 0. The summed E-state index contributed by atoms with van der Waals surface area (Å²) in [6, 6.07) is 0. The number of hydrogen-bond acceptors (Lipinski definition) is 4. The third-order valence-corrected chi connectivity index (χ3v) is 4.76. The van der Waals surface area contributed by atoms with Gasteiger partial charge in [-0.1, -0.05) is 13.3 Å². The standard InChI is InChI=1S/C15H30O4/c1-14(11-18,5-3-7-16)10-15(12-19)6-2-4-13(8-15)9-17/h13,16-19H,2-12H2,1H3. The number of rotatable bonds is 8. The van der Waals surface area contributed by atoms with Gasteiger partial charge < -0.3 is 20.4 Å². The molecule has 1 rings (SSSR count). The van der Waals surface area contributed by atoms with Crippen molar-refractivity contribution in [1.29, 1.82) is 0 Å². The highest BCUT2D eigenvalue weighted by atomic mass is 16.3. The Morgan fingerprint density at radius 3 is 2.47 bits per heavy atom. The van der Waals surface area contributed by atoms with E-state index in [1.807, 2.05) is 6.92 Å². The molecule has 0 aromatic heterocycles. The predicted octanol–water partition coefficient (Wildman–Crippen LogP) is 1.31. The molecule has 0 bridgehead atoms. The first-order chi connectivity index (χ1) is 9.03. The molecule has 0 aromatic rings. The summed E-state index contributed by atoms with van der Waals surface area (Å²) in [7, 11) is 0. The van der Waals surface area contributed by atoms with Crippen LogP contribution >= 0.6 is 0 Å². The van der Waals surface area contributed by atoms with Crippen molar-refractivity contribution in [3.63, 3.8) is 0 Å². The zero-order chi connectivity index (χ0) is 14.4. The molecule has 19 heavy (non-hydrogen) atoms. The Morgan fingerprint density at radius 2 is 1.95 bits per heavy atom. The van der Waals surface area contributed by atoms with Crippen LogP contribution in [0.15, 0.2) is 0 Å². The average molecular weight is 274 g/mol. The second kappa shape index (κ2) is 7.58. The summed E-state index contributed by atoms with van der Waals surface area (Å²) in [4.78, 5) is 0. The molecule has 114 valence electrons. The van der Waals surface area contributed by atoms with Gasteiger partial charge in [0.2, 0.25) is 0 Å². The van der Waals surface area contributed by atoms with E-state index < -0.39 is 0 Å². The van der Waals surface area contributed by atoms with Gasteiger partial charge in [-0.25, -0.2) is 0 Å². The normalized spacial score (nSPS) is 31.1. The lowest BCUT2D eigenvalue weighted by atomic mass is 9.62. The molecular weight excluding hydrogens is 244 g/mol. The van der Waals surface area contributed by atoms with Crippen molar-refractivity contribution in [3.05, 3.63) is 0 Å². The lowest BCUT2D eigenvalue weighted by Crippen LogP contribution is -2.39. The molecule has 1 aliphatic carbocycles. The fourth-order valence-electron chi connectivity index (χ4n) is 3.73. The lowest BCUT2D eigenvalue weighted by Gasteiger charge is -2.44. The Bertz CT molecular complexity index is 259. The Labute approximate surface area is 116 Å². The molecule has 3 atom stereocenters. The minimum absolute atomic E-state index is 0.0819. The quantitative estimate of drug-likeness (QED) is 0.538. The minimum atomic E-state index is -0.247. The van der Waals surface area contributed by atoms with Crippen molar-refractivity contribution in [1.82, 2.24) is 0 Å². The van der Waals surface area contributed by atoms with E-state index in [4.69, 9.17) is 5.11 Å². The van der Waals surface area contributed by atoms with Gasteiger partial charge in [-0.05, 0) is 55.3 Å². The molecular formula is C15H30O4. The zero-order valence-electron chi connectivity index (χ0n) is 12.1. The van der Waals surface area contributed by atoms with E-state index in [1.54, 1.807) is 0 Å².